The number of hydrogen-bond donors (Lipinski definition) is 2. The normalized spacial score (nSPS) is 11.9. The molecule has 0 bridgehead atoms. The van der Waals surface area contributed by atoms with Gasteiger partial charge in [-0.25, -0.2) is 0 Å². The number of hydrogen-bond acceptors (Lipinski definition) is 3. The number of rotatable bonds is 7. The van der Waals surface area contributed by atoms with Crippen LogP contribution in [0.5, 0.6) is 0 Å². The highest BCUT2D eigenvalue weighted by molar-refractivity contribution is 6.30. The van der Waals surface area contributed by atoms with Gasteiger partial charge >= 0.3 is 5.97 Å². The van der Waals surface area contributed by atoms with Crippen molar-refractivity contribution in [2.24, 2.45) is 5.92 Å². The van der Waals surface area contributed by atoms with Crippen LogP contribution < -0.4 is 10.2 Å². The first-order chi connectivity index (χ1) is 9.45. The molecule has 0 aliphatic heterocycles. The molecular formula is C14H19ClN2O3. The van der Waals surface area contributed by atoms with E-state index in [1.807, 2.05) is 6.92 Å². The van der Waals surface area contributed by atoms with Crippen molar-refractivity contribution in [2.75, 3.05) is 24.5 Å². The van der Waals surface area contributed by atoms with Gasteiger partial charge in [0.15, 0.2) is 0 Å². The van der Waals surface area contributed by atoms with Crippen molar-refractivity contribution < 1.29 is 14.7 Å². The molecule has 6 heteroatoms. The quantitative estimate of drug-likeness (QED) is 0.808. The van der Waals surface area contributed by atoms with Crippen LogP contribution in [-0.4, -0.2) is 36.6 Å². The van der Waals surface area contributed by atoms with Crippen LogP contribution >= 0.6 is 11.6 Å². The molecular weight excluding hydrogens is 280 g/mol. The Morgan fingerprint density at radius 2 is 1.95 bits per heavy atom. The highest BCUT2D eigenvalue weighted by atomic mass is 35.5. The standard InChI is InChI=1S/C14H19ClN2O3/c1-3-16-8-10(2)14(20)17(9-13(18)19)12-6-4-11(15)5-7-12/h4-7,10,16H,3,8-9H2,1-2H3,(H,18,19). The molecule has 20 heavy (non-hydrogen) atoms. The lowest BCUT2D eigenvalue weighted by Gasteiger charge is -2.24. The van der Waals surface area contributed by atoms with Crippen LogP contribution in [-0.2, 0) is 9.59 Å². The Hall–Kier alpha value is -1.59. The summed E-state index contributed by atoms with van der Waals surface area (Å²) in [5, 5.41) is 12.6. The Morgan fingerprint density at radius 3 is 2.45 bits per heavy atom. The number of amides is 1. The van der Waals surface area contributed by atoms with Crippen molar-refractivity contribution in [3.63, 3.8) is 0 Å². The van der Waals surface area contributed by atoms with Crippen molar-refractivity contribution in [3.05, 3.63) is 29.3 Å². The minimum Gasteiger partial charge on any atom is -0.480 e. The second-order valence-electron chi connectivity index (χ2n) is 4.50. The largest absolute Gasteiger partial charge is 0.480 e. The average Bonchev–Trinajstić information content (AvgIpc) is 2.42. The van der Waals surface area contributed by atoms with Gasteiger partial charge in [-0.15, -0.1) is 0 Å². The van der Waals surface area contributed by atoms with Crippen LogP contribution in [0.1, 0.15) is 13.8 Å². The molecule has 2 N–H and O–H groups in total. The molecule has 5 nitrogen and oxygen atoms in total. The maximum Gasteiger partial charge on any atom is 0.323 e. The molecule has 0 radical (unpaired) electrons. The highest BCUT2D eigenvalue weighted by Crippen LogP contribution is 2.19. The van der Waals surface area contributed by atoms with Gasteiger partial charge in [-0.2, -0.15) is 0 Å². The smallest absolute Gasteiger partial charge is 0.323 e. The molecule has 0 aromatic heterocycles. The molecule has 0 saturated carbocycles. The van der Waals surface area contributed by atoms with Gasteiger partial charge < -0.3 is 15.3 Å². The molecule has 0 aliphatic carbocycles. The van der Waals surface area contributed by atoms with Crippen LogP contribution in [0.15, 0.2) is 24.3 Å². The van der Waals surface area contributed by atoms with E-state index in [0.717, 1.165) is 6.54 Å². The van der Waals surface area contributed by atoms with E-state index < -0.39 is 5.97 Å². The number of benzene rings is 1. The number of carboxylic acid groups (broad SMARTS) is 1. The third kappa shape index (κ3) is 4.83. The Labute approximate surface area is 123 Å². The third-order valence-electron chi connectivity index (χ3n) is 2.82. The molecule has 0 aliphatic rings. The zero-order chi connectivity index (χ0) is 15.1. The summed E-state index contributed by atoms with van der Waals surface area (Å²) in [7, 11) is 0. The number of aliphatic carboxylic acids is 1. The fraction of sp³-hybridized carbons (Fsp3) is 0.429. The first-order valence-corrected chi connectivity index (χ1v) is 6.83. The van der Waals surface area contributed by atoms with E-state index in [1.54, 1.807) is 31.2 Å². The molecule has 0 saturated heterocycles. The lowest BCUT2D eigenvalue weighted by Crippen LogP contribution is -2.42. The van der Waals surface area contributed by atoms with Crippen molar-refractivity contribution in [1.29, 1.82) is 0 Å². The zero-order valence-corrected chi connectivity index (χ0v) is 12.4. The molecule has 1 unspecified atom stereocenters. The summed E-state index contributed by atoms with van der Waals surface area (Å²) in [5.74, 6) is -1.58. The molecule has 1 atom stereocenters. The predicted octanol–water partition coefficient (Wildman–Crippen LogP) is 2.00. The number of carboxylic acids is 1. The van der Waals surface area contributed by atoms with Crippen LogP contribution in [0, 0.1) is 5.92 Å². The monoisotopic (exact) mass is 298 g/mol. The number of anilines is 1. The van der Waals surface area contributed by atoms with E-state index in [1.165, 1.54) is 4.90 Å². The van der Waals surface area contributed by atoms with Gasteiger partial charge in [0.05, 0.1) is 0 Å². The minimum absolute atomic E-state index is 0.226. The number of carbonyl (C=O) groups is 2. The molecule has 1 aromatic rings. The van der Waals surface area contributed by atoms with E-state index in [0.29, 0.717) is 17.3 Å². The topological polar surface area (TPSA) is 69.6 Å². The maximum absolute atomic E-state index is 12.4. The lowest BCUT2D eigenvalue weighted by atomic mass is 10.1. The van der Waals surface area contributed by atoms with Crippen LogP contribution in [0.3, 0.4) is 0 Å². The van der Waals surface area contributed by atoms with E-state index in [9.17, 15) is 9.59 Å². The number of halogens is 1. The average molecular weight is 299 g/mol. The van der Waals surface area contributed by atoms with Crippen molar-refractivity contribution in [2.45, 2.75) is 13.8 Å². The van der Waals surface area contributed by atoms with Gasteiger partial charge in [-0.05, 0) is 30.8 Å². The molecule has 1 rings (SSSR count). The molecule has 0 fully saturated rings. The van der Waals surface area contributed by atoms with E-state index >= 15 is 0 Å². The molecule has 0 heterocycles. The summed E-state index contributed by atoms with van der Waals surface area (Å²) >= 11 is 5.80. The molecule has 1 amide bonds. The minimum atomic E-state index is -1.05. The zero-order valence-electron chi connectivity index (χ0n) is 11.6. The maximum atomic E-state index is 12.4. The predicted molar refractivity (Wildman–Crippen MR) is 79.1 cm³/mol. The number of nitrogens with zero attached hydrogens (tertiary/aromatic N) is 1. The van der Waals surface area contributed by atoms with Gasteiger partial charge in [0.2, 0.25) is 5.91 Å². The van der Waals surface area contributed by atoms with Gasteiger partial charge in [-0.1, -0.05) is 25.4 Å². The Balaban J connectivity index is 2.91. The number of nitrogens with one attached hydrogen (secondary N) is 1. The second-order valence-corrected chi connectivity index (χ2v) is 4.94. The highest BCUT2D eigenvalue weighted by Gasteiger charge is 2.23. The van der Waals surface area contributed by atoms with Crippen LogP contribution in [0.25, 0.3) is 0 Å². The SMILES string of the molecule is CCNCC(C)C(=O)N(CC(=O)O)c1ccc(Cl)cc1. The Morgan fingerprint density at radius 1 is 1.35 bits per heavy atom. The summed E-state index contributed by atoms with van der Waals surface area (Å²) in [6, 6.07) is 6.55. The number of carbonyl (C=O) groups excluding carboxylic acids is 1. The fourth-order valence-electron chi connectivity index (χ4n) is 1.77. The lowest BCUT2D eigenvalue weighted by molar-refractivity contribution is -0.137. The Bertz CT molecular complexity index is 462. The molecule has 1 aromatic carbocycles. The summed E-state index contributed by atoms with van der Waals surface area (Å²) in [6.07, 6.45) is 0. The molecule has 110 valence electrons. The van der Waals surface area contributed by atoms with E-state index in [-0.39, 0.29) is 18.4 Å². The van der Waals surface area contributed by atoms with E-state index in [4.69, 9.17) is 16.7 Å². The fourth-order valence-corrected chi connectivity index (χ4v) is 1.89. The van der Waals surface area contributed by atoms with Crippen LogP contribution in [0.4, 0.5) is 5.69 Å². The summed E-state index contributed by atoms with van der Waals surface area (Å²) in [6.45, 7) is 4.63. The first kappa shape index (κ1) is 16.5. The van der Waals surface area contributed by atoms with Crippen LogP contribution in [0.2, 0.25) is 5.02 Å². The summed E-state index contributed by atoms with van der Waals surface area (Å²) in [4.78, 5) is 24.6. The van der Waals surface area contributed by atoms with Crippen molar-refractivity contribution in [3.8, 4) is 0 Å². The Kier molecular flexibility index (Phi) is 6.48. The van der Waals surface area contributed by atoms with Gasteiger partial charge in [0.1, 0.15) is 6.54 Å². The third-order valence-corrected chi connectivity index (χ3v) is 3.07. The van der Waals surface area contributed by atoms with Crippen molar-refractivity contribution in [1.82, 2.24) is 5.32 Å². The van der Waals surface area contributed by atoms with Crippen molar-refractivity contribution >= 4 is 29.2 Å². The summed E-state index contributed by atoms with van der Waals surface area (Å²) < 4.78 is 0. The molecule has 0 spiro atoms. The van der Waals surface area contributed by atoms with Gasteiger partial charge in [0, 0.05) is 23.2 Å². The van der Waals surface area contributed by atoms with Gasteiger partial charge in [0.25, 0.3) is 0 Å². The second kappa shape index (κ2) is 7.87. The van der Waals surface area contributed by atoms with Gasteiger partial charge in [-0.3, -0.25) is 9.59 Å². The van der Waals surface area contributed by atoms with E-state index in [2.05, 4.69) is 5.32 Å². The summed E-state index contributed by atoms with van der Waals surface area (Å²) in [5.41, 5.74) is 0.533. The first-order valence-electron chi connectivity index (χ1n) is 6.45.